The van der Waals surface area contributed by atoms with E-state index in [9.17, 15) is 0 Å². The molecule has 0 aromatic heterocycles. The molecule has 0 aromatic rings. The third-order valence-electron chi connectivity index (χ3n) is 5.59. The molecule has 1 heterocycles. The quantitative estimate of drug-likeness (QED) is 0.807. The molecule has 0 aromatic carbocycles. The number of nitrogens with one attached hydrogen (secondary N) is 1. The van der Waals surface area contributed by atoms with Gasteiger partial charge in [0.25, 0.3) is 0 Å². The lowest BCUT2D eigenvalue weighted by atomic mass is 9.66. The fourth-order valence-electron chi connectivity index (χ4n) is 4.12. The summed E-state index contributed by atoms with van der Waals surface area (Å²) in [5, 5.41) is 3.87. The van der Waals surface area contributed by atoms with Crippen LogP contribution in [0.25, 0.3) is 0 Å². The maximum Gasteiger partial charge on any atom is 0.0685 e. The van der Waals surface area contributed by atoms with Crippen molar-refractivity contribution in [1.82, 2.24) is 5.32 Å². The second kappa shape index (κ2) is 5.50. The van der Waals surface area contributed by atoms with Gasteiger partial charge in [-0.3, -0.25) is 0 Å². The Balaban J connectivity index is 1.61. The van der Waals surface area contributed by atoms with Crippen LogP contribution in [0.5, 0.6) is 0 Å². The molecule has 2 atom stereocenters. The Labute approximate surface area is 112 Å². The van der Waals surface area contributed by atoms with Crippen molar-refractivity contribution in [2.24, 2.45) is 11.8 Å². The second-order valence-electron chi connectivity index (χ2n) is 6.81. The fraction of sp³-hybridized carbons (Fsp3) is 1.00. The predicted molar refractivity (Wildman–Crippen MR) is 74.7 cm³/mol. The fourth-order valence-corrected chi connectivity index (χ4v) is 4.12. The molecule has 2 nitrogen and oxygen atoms in total. The topological polar surface area (TPSA) is 21.3 Å². The second-order valence-corrected chi connectivity index (χ2v) is 6.81. The van der Waals surface area contributed by atoms with Gasteiger partial charge in [0.05, 0.1) is 5.60 Å². The van der Waals surface area contributed by atoms with Crippen LogP contribution in [0.3, 0.4) is 0 Å². The zero-order chi connectivity index (χ0) is 12.4. The summed E-state index contributed by atoms with van der Waals surface area (Å²) in [6, 6.07) is 0.792. The van der Waals surface area contributed by atoms with E-state index in [-0.39, 0.29) is 0 Å². The van der Waals surface area contributed by atoms with Crippen molar-refractivity contribution in [3.05, 3.63) is 0 Å². The average molecular weight is 251 g/mol. The summed E-state index contributed by atoms with van der Waals surface area (Å²) in [5.41, 5.74) is 0.318. The van der Waals surface area contributed by atoms with Gasteiger partial charge in [0.1, 0.15) is 0 Å². The molecule has 3 aliphatic rings. The Morgan fingerprint density at radius 3 is 2.56 bits per heavy atom. The minimum absolute atomic E-state index is 0.318. The Hall–Kier alpha value is -0.0800. The lowest BCUT2D eigenvalue weighted by molar-refractivity contribution is -0.150. The molecule has 3 rings (SSSR count). The Morgan fingerprint density at radius 2 is 2.00 bits per heavy atom. The van der Waals surface area contributed by atoms with Crippen molar-refractivity contribution in [1.29, 1.82) is 0 Å². The van der Waals surface area contributed by atoms with Crippen LogP contribution in [-0.2, 0) is 4.74 Å². The highest BCUT2D eigenvalue weighted by molar-refractivity contribution is 4.98. The summed E-state index contributed by atoms with van der Waals surface area (Å²) in [5.74, 6) is 1.85. The van der Waals surface area contributed by atoms with E-state index in [1.54, 1.807) is 0 Å². The molecule has 104 valence electrons. The SMILES string of the molecule is CCCNC(C1CCC1)C1CCOC2(CCC2)C1. The van der Waals surface area contributed by atoms with Gasteiger partial charge in [0, 0.05) is 12.6 Å². The molecule has 1 aliphatic heterocycles. The minimum atomic E-state index is 0.318. The normalized spacial score (nSPS) is 32.8. The van der Waals surface area contributed by atoms with E-state index >= 15 is 0 Å². The van der Waals surface area contributed by atoms with Crippen LogP contribution in [0, 0.1) is 11.8 Å². The predicted octanol–water partition coefficient (Wildman–Crippen LogP) is 3.50. The van der Waals surface area contributed by atoms with Gasteiger partial charge in [0.2, 0.25) is 0 Å². The van der Waals surface area contributed by atoms with Gasteiger partial charge in [-0.25, -0.2) is 0 Å². The van der Waals surface area contributed by atoms with Gasteiger partial charge in [0.15, 0.2) is 0 Å². The number of ether oxygens (including phenoxy) is 1. The molecule has 1 spiro atoms. The summed E-state index contributed by atoms with van der Waals surface area (Å²) in [7, 11) is 0. The van der Waals surface area contributed by atoms with E-state index in [4.69, 9.17) is 4.74 Å². The molecule has 2 aliphatic carbocycles. The molecule has 0 radical (unpaired) electrons. The standard InChI is InChI=1S/C16H29NO/c1-2-10-17-15(13-5-3-6-13)14-7-11-18-16(12-14)8-4-9-16/h13-15,17H,2-12H2,1H3. The monoisotopic (exact) mass is 251 g/mol. The molecule has 2 unspecified atom stereocenters. The van der Waals surface area contributed by atoms with Gasteiger partial charge in [-0.1, -0.05) is 13.3 Å². The van der Waals surface area contributed by atoms with Crippen molar-refractivity contribution in [2.45, 2.75) is 76.4 Å². The Kier molecular flexibility index (Phi) is 3.95. The van der Waals surface area contributed by atoms with E-state index < -0.39 is 0 Å². The molecule has 1 N–H and O–H groups in total. The van der Waals surface area contributed by atoms with Crippen molar-refractivity contribution in [3.8, 4) is 0 Å². The van der Waals surface area contributed by atoms with E-state index in [1.807, 2.05) is 0 Å². The highest BCUT2D eigenvalue weighted by Gasteiger charge is 2.45. The summed E-state index contributed by atoms with van der Waals surface area (Å²) >= 11 is 0. The smallest absolute Gasteiger partial charge is 0.0685 e. The van der Waals surface area contributed by atoms with Gasteiger partial charge < -0.3 is 10.1 Å². The van der Waals surface area contributed by atoms with Gasteiger partial charge in [-0.2, -0.15) is 0 Å². The van der Waals surface area contributed by atoms with Crippen LogP contribution >= 0.6 is 0 Å². The Bertz CT molecular complexity index is 270. The average Bonchev–Trinajstić information content (AvgIpc) is 2.30. The van der Waals surface area contributed by atoms with Crippen molar-refractivity contribution < 1.29 is 4.74 Å². The third-order valence-corrected chi connectivity index (χ3v) is 5.59. The van der Waals surface area contributed by atoms with E-state index in [2.05, 4.69) is 12.2 Å². The van der Waals surface area contributed by atoms with Crippen LogP contribution in [-0.4, -0.2) is 24.8 Å². The van der Waals surface area contributed by atoms with Crippen LogP contribution in [0.2, 0.25) is 0 Å². The summed E-state index contributed by atoms with van der Waals surface area (Å²) < 4.78 is 6.09. The van der Waals surface area contributed by atoms with Crippen molar-refractivity contribution in [3.63, 3.8) is 0 Å². The zero-order valence-electron chi connectivity index (χ0n) is 11.9. The van der Waals surface area contributed by atoms with Crippen LogP contribution in [0.1, 0.15) is 64.7 Å². The first-order valence-corrected chi connectivity index (χ1v) is 8.20. The summed E-state index contributed by atoms with van der Waals surface area (Å²) in [6.45, 7) is 4.50. The van der Waals surface area contributed by atoms with Crippen molar-refractivity contribution >= 4 is 0 Å². The minimum Gasteiger partial charge on any atom is -0.375 e. The lowest BCUT2D eigenvalue weighted by Crippen LogP contribution is -2.53. The maximum atomic E-state index is 6.09. The molecular formula is C16H29NO. The van der Waals surface area contributed by atoms with E-state index in [1.165, 1.54) is 64.3 Å². The molecule has 18 heavy (non-hydrogen) atoms. The first kappa shape index (κ1) is 12.9. The maximum absolute atomic E-state index is 6.09. The third kappa shape index (κ3) is 2.46. The van der Waals surface area contributed by atoms with E-state index in [0.717, 1.165) is 24.5 Å². The molecule has 0 amide bonds. The highest BCUT2D eigenvalue weighted by Crippen LogP contribution is 2.47. The zero-order valence-corrected chi connectivity index (χ0v) is 11.9. The highest BCUT2D eigenvalue weighted by atomic mass is 16.5. The van der Waals surface area contributed by atoms with Crippen LogP contribution < -0.4 is 5.32 Å². The largest absolute Gasteiger partial charge is 0.375 e. The first-order chi connectivity index (χ1) is 8.83. The molecule has 2 heteroatoms. The number of rotatable bonds is 5. The van der Waals surface area contributed by atoms with E-state index in [0.29, 0.717) is 5.60 Å². The molecule has 0 bridgehead atoms. The van der Waals surface area contributed by atoms with Crippen LogP contribution in [0.15, 0.2) is 0 Å². The summed E-state index contributed by atoms with van der Waals surface area (Å²) in [4.78, 5) is 0. The molecule has 2 saturated carbocycles. The number of hydrogen-bond donors (Lipinski definition) is 1. The number of hydrogen-bond acceptors (Lipinski definition) is 2. The van der Waals surface area contributed by atoms with Gasteiger partial charge >= 0.3 is 0 Å². The molecule has 3 fully saturated rings. The summed E-state index contributed by atoms with van der Waals surface area (Å²) in [6.07, 6.45) is 12.3. The lowest BCUT2D eigenvalue weighted by Gasteiger charge is -2.51. The molecule has 1 saturated heterocycles. The van der Waals surface area contributed by atoms with Gasteiger partial charge in [-0.15, -0.1) is 0 Å². The first-order valence-electron chi connectivity index (χ1n) is 8.20. The molecular weight excluding hydrogens is 222 g/mol. The van der Waals surface area contributed by atoms with Crippen molar-refractivity contribution in [2.75, 3.05) is 13.2 Å². The Morgan fingerprint density at radius 1 is 1.17 bits per heavy atom. The van der Waals surface area contributed by atoms with Gasteiger partial charge in [-0.05, 0) is 69.7 Å². The van der Waals surface area contributed by atoms with Crippen LogP contribution in [0.4, 0.5) is 0 Å².